The molecule has 3 heterocycles. The third-order valence-corrected chi connectivity index (χ3v) is 7.77. The molecule has 39 heavy (non-hydrogen) atoms. The van der Waals surface area contributed by atoms with Crippen LogP contribution < -0.4 is 10.6 Å². The summed E-state index contributed by atoms with van der Waals surface area (Å²) in [6, 6.07) is 21.1. The van der Waals surface area contributed by atoms with Gasteiger partial charge in [-0.05, 0) is 61.7 Å². The molecule has 6 rings (SSSR count). The molecule has 0 bridgehead atoms. The summed E-state index contributed by atoms with van der Waals surface area (Å²) in [6.07, 6.45) is 5.10. The van der Waals surface area contributed by atoms with E-state index in [1.54, 1.807) is 6.20 Å². The SMILES string of the molecule is CC(=O)Nc1nc2c(s1)-c1c(c(-c3cccnc3)nn1-c1ccc(C(=O)NC(C)c3ccccc3)cc1)CC2. The molecular formula is C30H26N6O2S. The molecular weight excluding hydrogens is 508 g/mol. The number of nitrogens with zero attached hydrogens (tertiary/aromatic N) is 4. The van der Waals surface area contributed by atoms with Crippen molar-refractivity contribution in [3.63, 3.8) is 0 Å². The quantitative estimate of drug-likeness (QED) is 0.295. The normalized spacial score (nSPS) is 12.8. The lowest BCUT2D eigenvalue weighted by Crippen LogP contribution is -2.26. The summed E-state index contributed by atoms with van der Waals surface area (Å²) >= 11 is 1.45. The van der Waals surface area contributed by atoms with Crippen molar-refractivity contribution in [2.75, 3.05) is 5.32 Å². The highest BCUT2D eigenvalue weighted by molar-refractivity contribution is 7.19. The smallest absolute Gasteiger partial charge is 0.251 e. The van der Waals surface area contributed by atoms with Gasteiger partial charge >= 0.3 is 0 Å². The Bertz CT molecular complexity index is 1660. The summed E-state index contributed by atoms with van der Waals surface area (Å²) in [5, 5.41) is 11.5. The first-order chi connectivity index (χ1) is 19.0. The third-order valence-electron chi connectivity index (χ3n) is 6.75. The average molecular weight is 535 g/mol. The van der Waals surface area contributed by atoms with Gasteiger partial charge in [-0.25, -0.2) is 9.67 Å². The van der Waals surface area contributed by atoms with Gasteiger partial charge in [0.05, 0.1) is 33.7 Å². The lowest BCUT2D eigenvalue weighted by atomic mass is 9.95. The minimum absolute atomic E-state index is 0.110. The minimum Gasteiger partial charge on any atom is -0.346 e. The standard InChI is InChI=1S/C30H26N6O2S/c1-18(20-7-4-3-5-8-20)32-29(38)21-10-12-23(13-11-21)36-27-24(26(35-36)22-9-6-16-31-17-22)14-15-25-28(27)39-30(34-25)33-19(2)37/h3-13,16-18H,14-15H2,1-2H3,(H,32,38)(H,33,34,37). The Kier molecular flexibility index (Phi) is 6.50. The molecule has 1 atom stereocenters. The lowest BCUT2D eigenvalue weighted by Gasteiger charge is -2.15. The monoisotopic (exact) mass is 534 g/mol. The number of hydrogen-bond acceptors (Lipinski definition) is 6. The topological polar surface area (TPSA) is 102 Å². The van der Waals surface area contributed by atoms with E-state index >= 15 is 0 Å². The predicted molar refractivity (Wildman–Crippen MR) is 152 cm³/mol. The summed E-state index contributed by atoms with van der Waals surface area (Å²) in [5.74, 6) is -0.289. The Morgan fingerprint density at radius 2 is 1.79 bits per heavy atom. The molecule has 2 amide bonds. The van der Waals surface area contributed by atoms with E-state index in [2.05, 4.69) is 20.6 Å². The highest BCUT2D eigenvalue weighted by atomic mass is 32.1. The number of rotatable bonds is 6. The van der Waals surface area contributed by atoms with Gasteiger partial charge in [0.15, 0.2) is 5.13 Å². The molecule has 194 valence electrons. The van der Waals surface area contributed by atoms with Crippen LogP contribution in [0.5, 0.6) is 0 Å². The fraction of sp³-hybridized carbons (Fsp3) is 0.167. The molecule has 8 nitrogen and oxygen atoms in total. The highest BCUT2D eigenvalue weighted by Crippen LogP contribution is 2.44. The van der Waals surface area contributed by atoms with Crippen molar-refractivity contribution < 1.29 is 9.59 Å². The molecule has 9 heteroatoms. The van der Waals surface area contributed by atoms with Crippen LogP contribution in [0.15, 0.2) is 79.1 Å². The molecule has 0 aliphatic heterocycles. The van der Waals surface area contributed by atoms with Gasteiger partial charge in [0.25, 0.3) is 5.91 Å². The number of hydrogen-bond donors (Lipinski definition) is 2. The Labute approximate surface area is 229 Å². The summed E-state index contributed by atoms with van der Waals surface area (Å²) in [6.45, 7) is 3.45. The molecule has 2 N–H and O–H groups in total. The van der Waals surface area contributed by atoms with Crippen molar-refractivity contribution in [2.45, 2.75) is 32.7 Å². The summed E-state index contributed by atoms with van der Waals surface area (Å²) in [4.78, 5) is 34.6. The molecule has 0 saturated heterocycles. The first kappa shape index (κ1) is 24.7. The van der Waals surface area contributed by atoms with Crippen LogP contribution in [0.2, 0.25) is 0 Å². The maximum Gasteiger partial charge on any atom is 0.251 e. The second-order valence-corrected chi connectivity index (χ2v) is 10.5. The van der Waals surface area contributed by atoms with Gasteiger partial charge in [-0.3, -0.25) is 14.6 Å². The Morgan fingerprint density at radius 3 is 2.51 bits per heavy atom. The second-order valence-electron chi connectivity index (χ2n) is 9.46. The number of fused-ring (bicyclic) bond motifs is 3. The second kappa shape index (κ2) is 10.3. The number of anilines is 1. The zero-order chi connectivity index (χ0) is 26.9. The number of aromatic nitrogens is 4. The first-order valence-electron chi connectivity index (χ1n) is 12.7. The van der Waals surface area contributed by atoms with Crippen LogP contribution in [0.4, 0.5) is 5.13 Å². The van der Waals surface area contributed by atoms with Crippen LogP contribution in [-0.4, -0.2) is 31.6 Å². The van der Waals surface area contributed by atoms with Crippen molar-refractivity contribution in [2.24, 2.45) is 0 Å². The number of thiazole rings is 1. The Balaban J connectivity index is 1.37. The number of amides is 2. The molecule has 0 spiro atoms. The maximum atomic E-state index is 13.0. The van der Waals surface area contributed by atoms with Gasteiger partial charge in [0, 0.05) is 36.0 Å². The molecule has 1 aliphatic carbocycles. The number of nitrogens with one attached hydrogen (secondary N) is 2. The Hall–Kier alpha value is -4.63. The van der Waals surface area contributed by atoms with Gasteiger partial charge in [-0.15, -0.1) is 0 Å². The molecule has 1 unspecified atom stereocenters. The number of pyridine rings is 1. The highest BCUT2D eigenvalue weighted by Gasteiger charge is 2.30. The molecule has 0 fully saturated rings. The van der Waals surface area contributed by atoms with E-state index in [0.717, 1.165) is 57.2 Å². The van der Waals surface area contributed by atoms with E-state index < -0.39 is 0 Å². The maximum absolute atomic E-state index is 13.0. The van der Waals surface area contributed by atoms with Crippen LogP contribution in [0.25, 0.3) is 27.5 Å². The lowest BCUT2D eigenvalue weighted by molar-refractivity contribution is -0.114. The van der Waals surface area contributed by atoms with Gasteiger partial charge in [-0.1, -0.05) is 41.7 Å². The summed E-state index contributed by atoms with van der Waals surface area (Å²) < 4.78 is 1.92. The first-order valence-corrected chi connectivity index (χ1v) is 13.6. The predicted octanol–water partition coefficient (Wildman–Crippen LogP) is 5.61. The summed E-state index contributed by atoms with van der Waals surface area (Å²) in [5.41, 5.74) is 7.28. The van der Waals surface area contributed by atoms with Gasteiger partial charge in [0.2, 0.25) is 5.91 Å². The fourth-order valence-electron chi connectivity index (χ4n) is 4.85. The Morgan fingerprint density at radius 1 is 1.00 bits per heavy atom. The van der Waals surface area contributed by atoms with Crippen molar-refractivity contribution in [3.05, 3.63) is 102 Å². The van der Waals surface area contributed by atoms with Crippen molar-refractivity contribution in [1.82, 2.24) is 25.1 Å². The molecule has 5 aromatic rings. The fourth-order valence-corrected chi connectivity index (χ4v) is 5.97. The number of benzene rings is 2. The van der Waals surface area contributed by atoms with Crippen molar-refractivity contribution in [3.8, 4) is 27.5 Å². The van der Waals surface area contributed by atoms with E-state index in [0.29, 0.717) is 10.7 Å². The van der Waals surface area contributed by atoms with Gasteiger partial charge < -0.3 is 10.6 Å². The number of carbonyl (C=O) groups is 2. The van der Waals surface area contributed by atoms with E-state index in [1.165, 1.54) is 18.3 Å². The molecule has 2 aromatic carbocycles. The van der Waals surface area contributed by atoms with Crippen LogP contribution in [0.1, 0.15) is 47.1 Å². The molecule has 0 radical (unpaired) electrons. The number of aryl methyl sites for hydroxylation is 1. The average Bonchev–Trinajstić information content (AvgIpc) is 3.55. The van der Waals surface area contributed by atoms with Crippen LogP contribution in [0.3, 0.4) is 0 Å². The van der Waals surface area contributed by atoms with Gasteiger partial charge in [-0.2, -0.15) is 5.10 Å². The zero-order valence-electron chi connectivity index (χ0n) is 21.5. The van der Waals surface area contributed by atoms with E-state index in [-0.39, 0.29) is 17.9 Å². The van der Waals surface area contributed by atoms with E-state index in [1.807, 2.05) is 84.5 Å². The van der Waals surface area contributed by atoms with Crippen LogP contribution >= 0.6 is 11.3 Å². The minimum atomic E-state index is -0.152. The van der Waals surface area contributed by atoms with Crippen molar-refractivity contribution in [1.29, 1.82) is 0 Å². The zero-order valence-corrected chi connectivity index (χ0v) is 22.3. The number of carbonyl (C=O) groups excluding carboxylic acids is 2. The summed E-state index contributed by atoms with van der Waals surface area (Å²) in [7, 11) is 0. The van der Waals surface area contributed by atoms with Crippen molar-refractivity contribution >= 4 is 28.3 Å². The molecule has 3 aromatic heterocycles. The van der Waals surface area contributed by atoms with Crippen LogP contribution in [-0.2, 0) is 17.6 Å². The molecule has 0 saturated carbocycles. The van der Waals surface area contributed by atoms with E-state index in [9.17, 15) is 9.59 Å². The van der Waals surface area contributed by atoms with E-state index in [4.69, 9.17) is 5.10 Å². The van der Waals surface area contributed by atoms with Gasteiger partial charge in [0.1, 0.15) is 0 Å². The molecule has 1 aliphatic rings. The van der Waals surface area contributed by atoms with Crippen LogP contribution in [0, 0.1) is 0 Å². The largest absolute Gasteiger partial charge is 0.346 e. The third kappa shape index (κ3) is 4.84.